The van der Waals surface area contributed by atoms with E-state index in [2.05, 4.69) is 26.2 Å². The molecule has 0 fully saturated rings. The van der Waals surface area contributed by atoms with Crippen LogP contribution in [0.4, 0.5) is 10.2 Å². The van der Waals surface area contributed by atoms with E-state index in [4.69, 9.17) is 0 Å². The van der Waals surface area contributed by atoms with Crippen LogP contribution in [0.5, 0.6) is 0 Å². The molecule has 3 nitrogen and oxygen atoms in total. The van der Waals surface area contributed by atoms with Crippen molar-refractivity contribution in [1.29, 1.82) is 0 Å². The zero-order valence-corrected chi connectivity index (χ0v) is 11.2. The summed E-state index contributed by atoms with van der Waals surface area (Å²) in [6.45, 7) is 1.82. The largest absolute Gasteiger partial charge is 0.306 e. The molecule has 2 rings (SSSR count). The Morgan fingerprint density at radius 3 is 2.78 bits per heavy atom. The Morgan fingerprint density at radius 1 is 1.33 bits per heavy atom. The van der Waals surface area contributed by atoms with Gasteiger partial charge in [-0.2, -0.15) is 0 Å². The summed E-state index contributed by atoms with van der Waals surface area (Å²) in [5.41, 5.74) is 0.792. The van der Waals surface area contributed by atoms with Crippen LogP contribution in [0.3, 0.4) is 0 Å². The number of benzene rings is 1. The van der Waals surface area contributed by atoms with E-state index < -0.39 is 11.7 Å². The fourth-order valence-electron chi connectivity index (χ4n) is 1.50. The van der Waals surface area contributed by atoms with Crippen molar-refractivity contribution < 1.29 is 9.18 Å². The van der Waals surface area contributed by atoms with Gasteiger partial charge in [0.1, 0.15) is 11.6 Å². The van der Waals surface area contributed by atoms with E-state index in [1.165, 1.54) is 12.1 Å². The molecule has 0 aliphatic heterocycles. The lowest BCUT2D eigenvalue weighted by molar-refractivity contribution is 0.102. The maximum Gasteiger partial charge on any atom is 0.260 e. The highest BCUT2D eigenvalue weighted by Crippen LogP contribution is 2.21. The molecule has 0 aliphatic rings. The number of halogens is 2. The topological polar surface area (TPSA) is 42.0 Å². The minimum atomic E-state index is -0.574. The molecule has 92 valence electrons. The molecule has 0 saturated carbocycles. The molecule has 1 amide bonds. The fourth-order valence-corrected chi connectivity index (χ4v) is 2.02. The molecule has 0 spiro atoms. The van der Waals surface area contributed by atoms with Crippen LogP contribution < -0.4 is 5.32 Å². The Morgan fingerprint density at radius 2 is 2.11 bits per heavy atom. The van der Waals surface area contributed by atoms with Gasteiger partial charge in [-0.25, -0.2) is 9.37 Å². The average molecular weight is 309 g/mol. The maximum absolute atomic E-state index is 13.6. The summed E-state index contributed by atoms with van der Waals surface area (Å²) >= 11 is 3.16. The molecular formula is C13H10BrFN2O. The van der Waals surface area contributed by atoms with E-state index in [0.29, 0.717) is 10.3 Å². The van der Waals surface area contributed by atoms with Crippen LogP contribution in [0.15, 0.2) is 41.0 Å². The van der Waals surface area contributed by atoms with Crippen molar-refractivity contribution >= 4 is 27.7 Å². The number of anilines is 1. The summed E-state index contributed by atoms with van der Waals surface area (Å²) in [5, 5.41) is 2.59. The fraction of sp³-hybridized carbons (Fsp3) is 0.0769. The van der Waals surface area contributed by atoms with Crippen LogP contribution in [0.1, 0.15) is 15.9 Å². The molecule has 1 N–H and O–H groups in total. The third-order valence-electron chi connectivity index (χ3n) is 2.43. The van der Waals surface area contributed by atoms with Crippen molar-refractivity contribution in [3.8, 4) is 0 Å². The van der Waals surface area contributed by atoms with Crippen LogP contribution in [0.2, 0.25) is 0 Å². The van der Waals surface area contributed by atoms with E-state index in [-0.39, 0.29) is 5.56 Å². The van der Waals surface area contributed by atoms with Gasteiger partial charge in [0.05, 0.1) is 5.56 Å². The number of hydrogen-bond donors (Lipinski definition) is 1. The lowest BCUT2D eigenvalue weighted by Gasteiger charge is -2.08. The molecule has 0 atom stereocenters. The van der Waals surface area contributed by atoms with Gasteiger partial charge in [0, 0.05) is 10.7 Å². The number of rotatable bonds is 2. The summed E-state index contributed by atoms with van der Waals surface area (Å²) in [4.78, 5) is 16.0. The third kappa shape index (κ3) is 2.56. The number of carbonyl (C=O) groups excluding carboxylic acids is 1. The predicted molar refractivity (Wildman–Crippen MR) is 71.0 cm³/mol. The van der Waals surface area contributed by atoms with Crippen LogP contribution in [0.25, 0.3) is 0 Å². The molecule has 0 bridgehead atoms. The monoisotopic (exact) mass is 308 g/mol. The first-order valence-electron chi connectivity index (χ1n) is 5.26. The van der Waals surface area contributed by atoms with Gasteiger partial charge in [-0.05, 0) is 46.6 Å². The first-order chi connectivity index (χ1) is 8.59. The number of amides is 1. The smallest absolute Gasteiger partial charge is 0.260 e. The highest BCUT2D eigenvalue weighted by molar-refractivity contribution is 9.10. The molecule has 0 unspecified atom stereocenters. The molecule has 1 aromatic heterocycles. The molecule has 0 radical (unpaired) electrons. The van der Waals surface area contributed by atoms with Gasteiger partial charge in [-0.15, -0.1) is 0 Å². The number of pyridine rings is 1. The Balaban J connectivity index is 2.31. The first kappa shape index (κ1) is 12.7. The number of nitrogens with one attached hydrogen (secondary N) is 1. The minimum absolute atomic E-state index is 0.0254. The highest BCUT2D eigenvalue weighted by atomic mass is 79.9. The molecule has 1 aromatic carbocycles. The lowest BCUT2D eigenvalue weighted by atomic mass is 10.2. The van der Waals surface area contributed by atoms with Gasteiger partial charge in [0.2, 0.25) is 0 Å². The Hall–Kier alpha value is -1.75. The Labute approximate surface area is 112 Å². The second-order valence-electron chi connectivity index (χ2n) is 3.72. The molecule has 0 saturated heterocycles. The standard InChI is InChI=1S/C13H10BrFN2O/c1-8-4-3-7-16-12(8)17-13(18)11-9(14)5-2-6-10(11)15/h2-7H,1H3,(H,16,17,18). The SMILES string of the molecule is Cc1cccnc1NC(=O)c1c(F)cccc1Br. The van der Waals surface area contributed by atoms with Gasteiger partial charge in [0.15, 0.2) is 0 Å². The van der Waals surface area contributed by atoms with Gasteiger partial charge < -0.3 is 5.32 Å². The van der Waals surface area contributed by atoms with Gasteiger partial charge in [-0.3, -0.25) is 4.79 Å². The van der Waals surface area contributed by atoms with Crippen molar-refractivity contribution in [2.75, 3.05) is 5.32 Å². The van der Waals surface area contributed by atoms with E-state index in [9.17, 15) is 9.18 Å². The van der Waals surface area contributed by atoms with Crippen molar-refractivity contribution in [2.45, 2.75) is 6.92 Å². The van der Waals surface area contributed by atoms with E-state index in [1.807, 2.05) is 13.0 Å². The number of hydrogen-bond acceptors (Lipinski definition) is 2. The zero-order valence-electron chi connectivity index (χ0n) is 9.58. The van der Waals surface area contributed by atoms with E-state index in [0.717, 1.165) is 5.56 Å². The molecule has 0 aliphatic carbocycles. The molecule has 5 heteroatoms. The number of aromatic nitrogens is 1. The third-order valence-corrected chi connectivity index (χ3v) is 3.09. The number of nitrogens with zero attached hydrogens (tertiary/aromatic N) is 1. The van der Waals surface area contributed by atoms with Crippen molar-refractivity contribution in [3.63, 3.8) is 0 Å². The zero-order chi connectivity index (χ0) is 13.1. The Bertz CT molecular complexity index is 581. The quantitative estimate of drug-likeness (QED) is 0.922. The molecule has 1 heterocycles. The number of carbonyl (C=O) groups is 1. The molecular weight excluding hydrogens is 299 g/mol. The van der Waals surface area contributed by atoms with E-state index in [1.54, 1.807) is 18.3 Å². The van der Waals surface area contributed by atoms with Gasteiger partial charge >= 0.3 is 0 Å². The van der Waals surface area contributed by atoms with Crippen molar-refractivity contribution in [3.05, 3.63) is 57.9 Å². The summed E-state index contributed by atoms with van der Waals surface area (Å²) in [5.74, 6) is -0.671. The molecule has 2 aromatic rings. The molecule has 18 heavy (non-hydrogen) atoms. The first-order valence-corrected chi connectivity index (χ1v) is 6.06. The summed E-state index contributed by atoms with van der Waals surface area (Å²) in [6.07, 6.45) is 1.57. The second kappa shape index (κ2) is 5.27. The summed E-state index contributed by atoms with van der Waals surface area (Å²) < 4.78 is 14.0. The van der Waals surface area contributed by atoms with Crippen LogP contribution in [-0.2, 0) is 0 Å². The van der Waals surface area contributed by atoms with E-state index >= 15 is 0 Å². The average Bonchev–Trinajstić information content (AvgIpc) is 2.32. The highest BCUT2D eigenvalue weighted by Gasteiger charge is 2.16. The normalized spacial score (nSPS) is 10.2. The summed E-state index contributed by atoms with van der Waals surface area (Å²) in [7, 11) is 0. The van der Waals surface area contributed by atoms with Crippen LogP contribution >= 0.6 is 15.9 Å². The predicted octanol–water partition coefficient (Wildman–Crippen LogP) is 3.54. The van der Waals surface area contributed by atoms with Crippen LogP contribution in [-0.4, -0.2) is 10.9 Å². The van der Waals surface area contributed by atoms with Gasteiger partial charge in [-0.1, -0.05) is 12.1 Å². The lowest BCUT2D eigenvalue weighted by Crippen LogP contribution is -2.16. The minimum Gasteiger partial charge on any atom is -0.306 e. The Kier molecular flexibility index (Phi) is 3.72. The maximum atomic E-state index is 13.6. The number of aryl methyl sites for hydroxylation is 1. The second-order valence-corrected chi connectivity index (χ2v) is 4.57. The van der Waals surface area contributed by atoms with Crippen molar-refractivity contribution in [2.24, 2.45) is 0 Å². The summed E-state index contributed by atoms with van der Waals surface area (Å²) in [6, 6.07) is 7.97. The van der Waals surface area contributed by atoms with Crippen LogP contribution in [0, 0.1) is 12.7 Å². The van der Waals surface area contributed by atoms with Gasteiger partial charge in [0.25, 0.3) is 5.91 Å². The van der Waals surface area contributed by atoms with Crippen molar-refractivity contribution in [1.82, 2.24) is 4.98 Å².